The van der Waals surface area contributed by atoms with Crippen LogP contribution in [0.1, 0.15) is 5.69 Å². The van der Waals surface area contributed by atoms with Gasteiger partial charge in [0.2, 0.25) is 0 Å². The van der Waals surface area contributed by atoms with Crippen LogP contribution in [0.3, 0.4) is 0 Å². The van der Waals surface area contributed by atoms with Gasteiger partial charge in [-0.3, -0.25) is 4.98 Å². The van der Waals surface area contributed by atoms with E-state index in [1.54, 1.807) is 10.9 Å². The zero-order valence-corrected chi connectivity index (χ0v) is 13.2. The minimum atomic E-state index is 0.0228. The Morgan fingerprint density at radius 3 is 2.78 bits per heavy atom. The summed E-state index contributed by atoms with van der Waals surface area (Å²) in [7, 11) is 0. The monoisotopic (exact) mass is 328 g/mol. The van der Waals surface area contributed by atoms with Crippen molar-refractivity contribution in [2.75, 3.05) is 11.9 Å². The molecular formula is C17H17ClN4O. The van der Waals surface area contributed by atoms with Crippen molar-refractivity contribution < 1.29 is 5.11 Å². The maximum atomic E-state index is 9.23. The van der Waals surface area contributed by atoms with E-state index in [-0.39, 0.29) is 6.61 Å². The van der Waals surface area contributed by atoms with Crippen LogP contribution in [-0.2, 0) is 13.1 Å². The van der Waals surface area contributed by atoms with Crippen LogP contribution in [0.15, 0.2) is 54.7 Å². The quantitative estimate of drug-likeness (QED) is 0.729. The van der Waals surface area contributed by atoms with Crippen LogP contribution < -0.4 is 5.32 Å². The predicted molar refractivity (Wildman–Crippen MR) is 91.3 cm³/mol. The molecule has 3 aromatic rings. The van der Waals surface area contributed by atoms with Gasteiger partial charge >= 0.3 is 0 Å². The third-order valence-electron chi connectivity index (χ3n) is 3.39. The molecule has 0 fully saturated rings. The number of pyridine rings is 1. The van der Waals surface area contributed by atoms with Gasteiger partial charge in [-0.1, -0.05) is 29.8 Å². The lowest BCUT2D eigenvalue weighted by Crippen LogP contribution is -2.10. The number of hydrogen-bond acceptors (Lipinski definition) is 4. The minimum Gasteiger partial charge on any atom is -0.394 e. The standard InChI is InChI=1S/C17H17ClN4O/c18-14-5-3-4-13(10-14)16-11-17(22(21-16)8-9-23)20-12-15-6-1-2-7-19-15/h1-7,10-11,20,23H,8-9,12H2. The molecule has 2 N–H and O–H groups in total. The minimum absolute atomic E-state index is 0.0228. The average molecular weight is 329 g/mol. The average Bonchev–Trinajstić information content (AvgIpc) is 2.97. The number of nitrogens with zero attached hydrogens (tertiary/aromatic N) is 3. The van der Waals surface area contributed by atoms with Gasteiger partial charge in [0.05, 0.1) is 31.1 Å². The molecule has 0 unspecified atom stereocenters. The van der Waals surface area contributed by atoms with Gasteiger partial charge in [-0.15, -0.1) is 0 Å². The molecule has 1 aromatic carbocycles. The van der Waals surface area contributed by atoms with E-state index in [1.165, 1.54) is 0 Å². The van der Waals surface area contributed by atoms with E-state index in [9.17, 15) is 5.11 Å². The summed E-state index contributed by atoms with van der Waals surface area (Å²) in [6, 6.07) is 15.3. The first-order chi connectivity index (χ1) is 11.3. The summed E-state index contributed by atoms with van der Waals surface area (Å²) in [6.07, 6.45) is 1.76. The van der Waals surface area contributed by atoms with Crippen LogP contribution >= 0.6 is 11.6 Å². The van der Waals surface area contributed by atoms with Gasteiger partial charge in [-0.05, 0) is 24.3 Å². The van der Waals surface area contributed by atoms with Crippen molar-refractivity contribution >= 4 is 17.4 Å². The first-order valence-corrected chi connectivity index (χ1v) is 7.72. The number of aliphatic hydroxyl groups excluding tert-OH is 1. The predicted octanol–water partition coefficient (Wildman–Crippen LogP) is 3.20. The molecule has 0 spiro atoms. The van der Waals surface area contributed by atoms with Gasteiger partial charge in [0, 0.05) is 22.8 Å². The molecule has 0 atom stereocenters. The van der Waals surface area contributed by atoms with Crippen LogP contribution in [0, 0.1) is 0 Å². The van der Waals surface area contributed by atoms with Crippen molar-refractivity contribution in [1.82, 2.24) is 14.8 Å². The number of aliphatic hydroxyl groups is 1. The Labute approximate surface area is 139 Å². The largest absolute Gasteiger partial charge is 0.394 e. The van der Waals surface area contributed by atoms with Gasteiger partial charge in [0.25, 0.3) is 0 Å². The fourth-order valence-electron chi connectivity index (χ4n) is 2.30. The maximum absolute atomic E-state index is 9.23. The van der Waals surface area contributed by atoms with E-state index in [1.807, 2.05) is 48.5 Å². The Kier molecular flexibility index (Phi) is 4.90. The van der Waals surface area contributed by atoms with Crippen LogP contribution in [-0.4, -0.2) is 26.5 Å². The summed E-state index contributed by atoms with van der Waals surface area (Å²) in [5, 5.41) is 17.8. The zero-order valence-electron chi connectivity index (χ0n) is 12.5. The van der Waals surface area contributed by atoms with Crippen molar-refractivity contribution in [2.24, 2.45) is 0 Å². The highest BCUT2D eigenvalue weighted by Crippen LogP contribution is 2.24. The Hall–Kier alpha value is -2.37. The molecule has 3 rings (SSSR count). The molecule has 2 aromatic heterocycles. The summed E-state index contributed by atoms with van der Waals surface area (Å²) in [6.45, 7) is 1.03. The van der Waals surface area contributed by atoms with Crippen molar-refractivity contribution in [3.05, 3.63) is 65.4 Å². The highest BCUT2D eigenvalue weighted by atomic mass is 35.5. The van der Waals surface area contributed by atoms with Crippen LogP contribution in [0.4, 0.5) is 5.82 Å². The van der Waals surface area contributed by atoms with Crippen LogP contribution in [0.2, 0.25) is 5.02 Å². The van der Waals surface area contributed by atoms with Gasteiger partial charge in [0.1, 0.15) is 5.82 Å². The number of aromatic nitrogens is 3. The molecule has 0 bridgehead atoms. The molecule has 0 amide bonds. The Balaban J connectivity index is 1.84. The molecular weight excluding hydrogens is 312 g/mol. The van der Waals surface area contributed by atoms with Gasteiger partial charge in [0.15, 0.2) is 0 Å². The number of rotatable bonds is 6. The summed E-state index contributed by atoms with van der Waals surface area (Å²) >= 11 is 6.05. The Morgan fingerprint density at radius 2 is 2.04 bits per heavy atom. The highest BCUT2D eigenvalue weighted by molar-refractivity contribution is 6.30. The molecule has 2 heterocycles. The topological polar surface area (TPSA) is 63.0 Å². The molecule has 6 heteroatoms. The molecule has 5 nitrogen and oxygen atoms in total. The maximum Gasteiger partial charge on any atom is 0.125 e. The fourth-order valence-corrected chi connectivity index (χ4v) is 2.49. The number of nitrogens with one attached hydrogen (secondary N) is 1. The van der Waals surface area contributed by atoms with E-state index in [0.29, 0.717) is 18.1 Å². The fraction of sp³-hybridized carbons (Fsp3) is 0.176. The van der Waals surface area contributed by atoms with E-state index >= 15 is 0 Å². The van der Waals surface area contributed by atoms with Gasteiger partial charge < -0.3 is 10.4 Å². The van der Waals surface area contributed by atoms with Crippen LogP contribution in [0.5, 0.6) is 0 Å². The second-order valence-electron chi connectivity index (χ2n) is 5.05. The molecule has 0 aliphatic carbocycles. The summed E-state index contributed by atoms with van der Waals surface area (Å²) < 4.78 is 1.75. The lowest BCUT2D eigenvalue weighted by Gasteiger charge is -2.07. The number of anilines is 1. The third kappa shape index (κ3) is 3.88. The van der Waals surface area contributed by atoms with Crippen molar-refractivity contribution in [1.29, 1.82) is 0 Å². The molecule has 0 aliphatic rings. The van der Waals surface area contributed by atoms with E-state index in [0.717, 1.165) is 22.8 Å². The van der Waals surface area contributed by atoms with E-state index in [4.69, 9.17) is 11.6 Å². The van der Waals surface area contributed by atoms with Crippen molar-refractivity contribution in [3.8, 4) is 11.3 Å². The number of hydrogen-bond donors (Lipinski definition) is 2. The van der Waals surface area contributed by atoms with E-state index < -0.39 is 0 Å². The Morgan fingerprint density at radius 1 is 1.13 bits per heavy atom. The molecule has 0 saturated carbocycles. The normalized spacial score (nSPS) is 10.7. The SMILES string of the molecule is OCCn1nc(-c2cccc(Cl)c2)cc1NCc1ccccn1. The highest BCUT2D eigenvalue weighted by Gasteiger charge is 2.10. The molecule has 0 aliphatic heterocycles. The smallest absolute Gasteiger partial charge is 0.125 e. The van der Waals surface area contributed by atoms with Crippen LogP contribution in [0.25, 0.3) is 11.3 Å². The number of benzene rings is 1. The second kappa shape index (κ2) is 7.26. The summed E-state index contributed by atoms with van der Waals surface area (Å²) in [5.41, 5.74) is 2.69. The van der Waals surface area contributed by atoms with Gasteiger partial charge in [-0.2, -0.15) is 5.10 Å². The van der Waals surface area contributed by atoms with Crippen molar-refractivity contribution in [3.63, 3.8) is 0 Å². The number of halogens is 1. The third-order valence-corrected chi connectivity index (χ3v) is 3.62. The molecule has 0 radical (unpaired) electrons. The molecule has 23 heavy (non-hydrogen) atoms. The summed E-state index contributed by atoms with van der Waals surface area (Å²) in [5.74, 6) is 0.833. The van der Waals surface area contributed by atoms with Gasteiger partial charge in [-0.25, -0.2) is 4.68 Å². The van der Waals surface area contributed by atoms with E-state index in [2.05, 4.69) is 15.4 Å². The Bertz CT molecular complexity index is 773. The first-order valence-electron chi connectivity index (χ1n) is 7.34. The molecule has 0 saturated heterocycles. The molecule has 118 valence electrons. The lowest BCUT2D eigenvalue weighted by atomic mass is 10.1. The zero-order chi connectivity index (χ0) is 16.1. The summed E-state index contributed by atoms with van der Waals surface area (Å²) in [4.78, 5) is 4.29. The second-order valence-corrected chi connectivity index (χ2v) is 5.48. The van der Waals surface area contributed by atoms with Crippen molar-refractivity contribution in [2.45, 2.75) is 13.1 Å². The first kappa shape index (κ1) is 15.5. The lowest BCUT2D eigenvalue weighted by molar-refractivity contribution is 0.270.